The van der Waals surface area contributed by atoms with Crippen LogP contribution in [0.4, 0.5) is 30.5 Å². The molecule has 3 aromatic heterocycles. The minimum absolute atomic E-state index is 0.00571. The van der Waals surface area contributed by atoms with E-state index in [0.29, 0.717) is 48.8 Å². The molecule has 8 rings (SSSR count). The molecule has 2 aliphatic rings. The Hall–Kier alpha value is -7.49. The largest absolute Gasteiger partial charge is 0.355 e. The van der Waals surface area contributed by atoms with Crippen molar-refractivity contribution in [2.45, 2.75) is 64.2 Å². The molecule has 23 heteroatoms. The number of amides is 5. The first-order valence-electron chi connectivity index (χ1n) is 19.4. The van der Waals surface area contributed by atoms with Crippen molar-refractivity contribution in [2.75, 3.05) is 10.6 Å². The van der Waals surface area contributed by atoms with Crippen LogP contribution in [0.3, 0.4) is 0 Å². The third kappa shape index (κ3) is 8.56. The maximum atomic E-state index is 14.9. The molecule has 1 unspecified atom stereocenters. The predicted octanol–water partition coefficient (Wildman–Crippen LogP) is 3.39. The Kier molecular flexibility index (Phi) is 11.5. The van der Waals surface area contributed by atoms with E-state index in [1.165, 1.54) is 29.1 Å². The van der Waals surface area contributed by atoms with E-state index >= 15 is 0 Å². The quantitative estimate of drug-likeness (QED) is 0.0813. The van der Waals surface area contributed by atoms with Gasteiger partial charge in [0.1, 0.15) is 17.6 Å². The van der Waals surface area contributed by atoms with Gasteiger partial charge in [0.15, 0.2) is 11.6 Å². The van der Waals surface area contributed by atoms with E-state index in [1.807, 2.05) is 0 Å². The Morgan fingerprint density at radius 2 is 1.70 bits per heavy atom. The summed E-state index contributed by atoms with van der Waals surface area (Å²) in [6.45, 7) is -0.731. The van der Waals surface area contributed by atoms with Gasteiger partial charge in [-0.1, -0.05) is 29.3 Å². The van der Waals surface area contributed by atoms with Gasteiger partial charge in [0.05, 0.1) is 52.3 Å². The molecule has 2 aliphatic heterocycles. The SMILES string of the molecule is Cn1cc2cc(Nc3nc(=O)n(Cc4cn(CCCCCC(=O)Nc5cccc6c5C(=O)N(C5CCC(=O)NC5=O)C6=O)nn4)c(=O)n3Cc3cc(F)c(F)cc3F)c(Cl)cc2n1. The Morgan fingerprint density at radius 1 is 0.905 bits per heavy atom. The Morgan fingerprint density at radius 3 is 2.49 bits per heavy atom. The fourth-order valence-corrected chi connectivity index (χ4v) is 7.60. The predicted molar refractivity (Wildman–Crippen MR) is 217 cm³/mol. The number of aryl methyl sites for hydroxylation is 2. The van der Waals surface area contributed by atoms with Gasteiger partial charge in [0, 0.05) is 49.6 Å². The van der Waals surface area contributed by atoms with Crippen LogP contribution in [0.15, 0.2) is 64.4 Å². The molecule has 3 N–H and O–H groups in total. The molecule has 6 aromatic rings. The van der Waals surface area contributed by atoms with E-state index in [9.17, 15) is 46.7 Å². The monoisotopic (exact) mass is 886 g/mol. The number of benzene rings is 3. The van der Waals surface area contributed by atoms with Crippen molar-refractivity contribution in [3.63, 3.8) is 0 Å². The molecule has 19 nitrogen and oxygen atoms in total. The van der Waals surface area contributed by atoms with E-state index in [1.54, 1.807) is 30.1 Å². The summed E-state index contributed by atoms with van der Waals surface area (Å²) >= 11 is 6.48. The summed E-state index contributed by atoms with van der Waals surface area (Å²) < 4.78 is 47.5. The van der Waals surface area contributed by atoms with Crippen LogP contribution in [0.2, 0.25) is 5.02 Å². The second kappa shape index (κ2) is 17.1. The molecule has 0 bridgehead atoms. The van der Waals surface area contributed by atoms with Crippen LogP contribution in [-0.2, 0) is 41.1 Å². The maximum absolute atomic E-state index is 14.9. The summed E-state index contributed by atoms with van der Waals surface area (Å²) in [7, 11) is 1.71. The molecule has 324 valence electrons. The van der Waals surface area contributed by atoms with Gasteiger partial charge < -0.3 is 10.6 Å². The van der Waals surface area contributed by atoms with Gasteiger partial charge in [-0.25, -0.2) is 27.3 Å². The first-order chi connectivity index (χ1) is 30.1. The third-order valence-electron chi connectivity index (χ3n) is 10.5. The lowest BCUT2D eigenvalue weighted by Gasteiger charge is -2.27. The summed E-state index contributed by atoms with van der Waals surface area (Å²) in [6.07, 6.45) is 4.75. The number of hydrogen-bond acceptors (Lipinski definition) is 12. The zero-order valence-electron chi connectivity index (χ0n) is 33.0. The molecule has 5 amide bonds. The highest BCUT2D eigenvalue weighted by molar-refractivity contribution is 6.34. The van der Waals surface area contributed by atoms with Crippen molar-refractivity contribution < 1.29 is 37.1 Å². The second-order valence-electron chi connectivity index (χ2n) is 14.9. The summed E-state index contributed by atoms with van der Waals surface area (Å²) in [4.78, 5) is 95.5. The number of rotatable bonds is 14. The first-order valence-corrected chi connectivity index (χ1v) is 19.8. The van der Waals surface area contributed by atoms with Crippen LogP contribution in [0.5, 0.6) is 0 Å². The molecule has 3 aromatic carbocycles. The average molecular weight is 887 g/mol. The summed E-state index contributed by atoms with van der Waals surface area (Å²) in [5.74, 6) is -7.38. The lowest BCUT2D eigenvalue weighted by molar-refractivity contribution is -0.136. The average Bonchev–Trinajstić information content (AvgIpc) is 3.91. The molecular formula is C40H34ClF3N12O7. The molecule has 1 fully saturated rings. The van der Waals surface area contributed by atoms with Crippen LogP contribution >= 0.6 is 11.6 Å². The normalized spacial score (nSPS) is 15.0. The summed E-state index contributed by atoms with van der Waals surface area (Å²) in [5.41, 5.74) is -1.32. The van der Waals surface area contributed by atoms with Crippen molar-refractivity contribution in [2.24, 2.45) is 7.05 Å². The van der Waals surface area contributed by atoms with Gasteiger partial charge in [-0.15, -0.1) is 5.10 Å². The number of hydrogen-bond donors (Lipinski definition) is 3. The van der Waals surface area contributed by atoms with Gasteiger partial charge in [0.2, 0.25) is 23.7 Å². The minimum Gasteiger partial charge on any atom is -0.325 e. The Labute approximate surface area is 357 Å². The highest BCUT2D eigenvalue weighted by Crippen LogP contribution is 2.33. The lowest BCUT2D eigenvalue weighted by Crippen LogP contribution is -2.54. The number of imide groups is 2. The number of nitrogens with zero attached hydrogens (tertiary/aromatic N) is 9. The number of anilines is 3. The Balaban J connectivity index is 0.905. The van der Waals surface area contributed by atoms with Gasteiger partial charge >= 0.3 is 11.4 Å². The molecule has 1 saturated heterocycles. The van der Waals surface area contributed by atoms with Gasteiger partial charge in [-0.05, 0) is 49.6 Å². The highest BCUT2D eigenvalue weighted by Gasteiger charge is 2.45. The smallest absolute Gasteiger partial charge is 0.325 e. The molecule has 0 saturated carbocycles. The molecule has 5 heterocycles. The van der Waals surface area contributed by atoms with E-state index < -0.39 is 83.1 Å². The number of carbonyl (C=O) groups excluding carboxylic acids is 5. The zero-order chi connectivity index (χ0) is 44.7. The fourth-order valence-electron chi connectivity index (χ4n) is 7.39. The molecule has 0 aliphatic carbocycles. The minimum atomic E-state index is -1.43. The van der Waals surface area contributed by atoms with Crippen molar-refractivity contribution >= 4 is 69.4 Å². The van der Waals surface area contributed by atoms with Crippen LogP contribution in [0, 0.1) is 17.5 Å². The van der Waals surface area contributed by atoms with Crippen molar-refractivity contribution in [3.05, 3.63) is 121 Å². The lowest BCUT2D eigenvalue weighted by atomic mass is 10.0. The van der Waals surface area contributed by atoms with Gasteiger partial charge in [-0.2, -0.15) is 10.1 Å². The van der Waals surface area contributed by atoms with Gasteiger partial charge in [-0.3, -0.25) is 48.1 Å². The first kappa shape index (κ1) is 42.2. The van der Waals surface area contributed by atoms with E-state index in [-0.39, 0.29) is 58.4 Å². The van der Waals surface area contributed by atoms with Crippen LogP contribution in [0.25, 0.3) is 10.9 Å². The fraction of sp³-hybridized carbons (Fsp3) is 0.275. The van der Waals surface area contributed by atoms with Crippen molar-refractivity contribution in [3.8, 4) is 0 Å². The number of aromatic nitrogens is 8. The topological polar surface area (TPSA) is 230 Å². The highest BCUT2D eigenvalue weighted by atomic mass is 35.5. The second-order valence-corrected chi connectivity index (χ2v) is 15.3. The van der Waals surface area contributed by atoms with Crippen molar-refractivity contribution in [1.82, 2.24) is 49.1 Å². The molecular weight excluding hydrogens is 853 g/mol. The number of nitrogens with one attached hydrogen (secondary N) is 3. The summed E-state index contributed by atoms with van der Waals surface area (Å²) in [6, 6.07) is 7.36. The summed E-state index contributed by atoms with van der Waals surface area (Å²) in [5, 5.41) is 20.9. The van der Waals surface area contributed by atoms with Crippen LogP contribution in [-0.4, -0.2) is 79.4 Å². The van der Waals surface area contributed by atoms with Gasteiger partial charge in [0.25, 0.3) is 11.8 Å². The van der Waals surface area contributed by atoms with Crippen LogP contribution < -0.4 is 27.3 Å². The van der Waals surface area contributed by atoms with Crippen LogP contribution in [0.1, 0.15) is 70.5 Å². The van der Waals surface area contributed by atoms with E-state index in [4.69, 9.17) is 11.6 Å². The standard InChI is InChI=1S/C40H34ClF3N12O7/c1-52-16-21-13-30(24(41)14-29(21)50-52)46-38-48-39(62)55(40(63)54(38)17-20-12-26(43)27(44)15-25(20)42)19-22-18-53(51-49-22)11-4-2-3-8-32(57)45-28-7-5-6-23-34(28)37(61)56(36(23)60)31-9-10-33(58)47-35(31)59/h5-7,12-16,18,31H,2-4,8-11,17,19H2,1H3,(H,45,57)(H,46,48,62)(H,47,58,59). The molecule has 0 radical (unpaired) electrons. The number of carbonyl (C=O) groups is 5. The maximum Gasteiger partial charge on any atom is 0.355 e. The molecule has 0 spiro atoms. The molecule has 1 atom stereocenters. The van der Waals surface area contributed by atoms with E-state index in [2.05, 4.69) is 36.3 Å². The van der Waals surface area contributed by atoms with Crippen molar-refractivity contribution in [1.29, 1.82) is 0 Å². The molecule has 63 heavy (non-hydrogen) atoms. The number of fused-ring (bicyclic) bond motifs is 2. The Bertz CT molecular complexity index is 3020. The number of piperidine rings is 1. The number of unbranched alkanes of at least 4 members (excludes halogenated alkanes) is 2. The number of halogens is 4. The third-order valence-corrected chi connectivity index (χ3v) is 10.8. The van der Waals surface area contributed by atoms with E-state index in [0.717, 1.165) is 14.0 Å². The zero-order valence-corrected chi connectivity index (χ0v) is 33.8.